The van der Waals surface area contributed by atoms with E-state index in [1.54, 1.807) is 6.20 Å². The van der Waals surface area contributed by atoms with Crippen LogP contribution in [0.2, 0.25) is 0 Å². The van der Waals surface area contributed by atoms with Crippen LogP contribution in [0, 0.1) is 13.8 Å². The Bertz CT molecular complexity index is 843. The molecule has 1 atom stereocenters. The summed E-state index contributed by atoms with van der Waals surface area (Å²) >= 11 is 0. The van der Waals surface area contributed by atoms with E-state index >= 15 is 0 Å². The van der Waals surface area contributed by atoms with Crippen molar-refractivity contribution in [2.24, 2.45) is 0 Å². The molecule has 27 heavy (non-hydrogen) atoms. The van der Waals surface area contributed by atoms with Crippen LogP contribution < -0.4 is 0 Å². The van der Waals surface area contributed by atoms with Crippen LogP contribution in [0.5, 0.6) is 0 Å². The minimum atomic E-state index is -0.722. The first kappa shape index (κ1) is 17.7. The van der Waals surface area contributed by atoms with E-state index in [1.165, 1.54) is 0 Å². The minimum Gasteiger partial charge on any atom is -0.335 e. The third-order valence-corrected chi connectivity index (χ3v) is 5.86. The van der Waals surface area contributed by atoms with Gasteiger partial charge in [0.25, 0.3) is 5.91 Å². The first-order chi connectivity index (χ1) is 13.0. The number of amides is 2. The van der Waals surface area contributed by atoms with E-state index in [4.69, 9.17) is 0 Å². The molecule has 0 radical (unpaired) electrons. The number of aryl methyl sites for hydroxylation is 2. The van der Waals surface area contributed by atoms with E-state index in [2.05, 4.69) is 15.2 Å². The van der Waals surface area contributed by atoms with Gasteiger partial charge in [-0.3, -0.25) is 19.7 Å². The van der Waals surface area contributed by atoms with Gasteiger partial charge in [-0.25, -0.2) is 0 Å². The average molecular weight is 367 g/mol. The monoisotopic (exact) mass is 367 g/mol. The number of aromatic nitrogens is 3. The largest absolute Gasteiger partial charge is 0.335 e. The summed E-state index contributed by atoms with van der Waals surface area (Å²) in [5, 5.41) is 7.04. The van der Waals surface area contributed by atoms with Crippen molar-refractivity contribution >= 4 is 11.8 Å². The number of hydrogen-bond acceptors (Lipinski definition) is 4. The lowest BCUT2D eigenvalue weighted by molar-refractivity contribution is -0.146. The number of nitrogens with one attached hydrogen (secondary N) is 1. The second-order valence-electron chi connectivity index (χ2n) is 7.55. The summed E-state index contributed by atoms with van der Waals surface area (Å²) < 4.78 is 0. The molecular formula is C20H25N5O2. The van der Waals surface area contributed by atoms with Crippen LogP contribution >= 0.6 is 0 Å². The third-order valence-electron chi connectivity index (χ3n) is 5.86. The van der Waals surface area contributed by atoms with Crippen molar-refractivity contribution in [1.29, 1.82) is 0 Å². The Morgan fingerprint density at radius 3 is 2.67 bits per heavy atom. The lowest BCUT2D eigenvalue weighted by Crippen LogP contribution is -2.61. The van der Waals surface area contributed by atoms with Crippen LogP contribution in [0.4, 0.5) is 0 Å². The summed E-state index contributed by atoms with van der Waals surface area (Å²) in [6.45, 7) is 5.50. The summed E-state index contributed by atoms with van der Waals surface area (Å²) in [5.41, 5.74) is 2.20. The number of carbonyl (C=O) groups excluding carboxylic acids is 2. The molecule has 7 heteroatoms. The zero-order valence-electron chi connectivity index (χ0n) is 15.9. The van der Waals surface area contributed by atoms with Crippen molar-refractivity contribution < 1.29 is 9.59 Å². The fourth-order valence-corrected chi connectivity index (χ4v) is 4.56. The molecule has 1 spiro atoms. The van der Waals surface area contributed by atoms with E-state index in [9.17, 15) is 9.59 Å². The molecule has 0 aliphatic carbocycles. The molecular weight excluding hydrogens is 342 g/mol. The molecule has 2 aromatic rings. The van der Waals surface area contributed by atoms with Crippen molar-refractivity contribution in [1.82, 2.24) is 25.0 Å². The summed E-state index contributed by atoms with van der Waals surface area (Å²) in [6.07, 6.45) is 4.95. The van der Waals surface area contributed by atoms with Gasteiger partial charge >= 0.3 is 0 Å². The number of piperidine rings is 1. The fourth-order valence-electron chi connectivity index (χ4n) is 4.56. The number of nitrogens with zero attached hydrogens (tertiary/aromatic N) is 4. The van der Waals surface area contributed by atoms with Gasteiger partial charge in [0.1, 0.15) is 5.54 Å². The Morgan fingerprint density at radius 2 is 2.00 bits per heavy atom. The highest BCUT2D eigenvalue weighted by Gasteiger charge is 2.53. The molecule has 0 saturated carbocycles. The number of rotatable bonds is 3. The molecule has 2 aromatic heterocycles. The van der Waals surface area contributed by atoms with Gasteiger partial charge in [-0.05, 0) is 51.7 Å². The number of likely N-dealkylation sites (tertiary alicyclic amines) is 2. The van der Waals surface area contributed by atoms with E-state index < -0.39 is 5.54 Å². The first-order valence-corrected chi connectivity index (χ1v) is 9.56. The number of pyridine rings is 1. The Balaban J connectivity index is 1.62. The Morgan fingerprint density at radius 1 is 1.22 bits per heavy atom. The van der Waals surface area contributed by atoms with Crippen molar-refractivity contribution in [3.63, 3.8) is 0 Å². The van der Waals surface area contributed by atoms with Crippen molar-refractivity contribution in [3.05, 3.63) is 47.0 Å². The normalized spacial score (nSPS) is 22.7. The first-order valence-electron chi connectivity index (χ1n) is 9.56. The van der Waals surface area contributed by atoms with Crippen molar-refractivity contribution in [2.45, 2.75) is 51.6 Å². The minimum absolute atomic E-state index is 0.0593. The Hall–Kier alpha value is -2.70. The van der Waals surface area contributed by atoms with Gasteiger partial charge in [0.05, 0.1) is 23.5 Å². The maximum Gasteiger partial charge on any atom is 0.258 e. The topological polar surface area (TPSA) is 82.2 Å². The third kappa shape index (κ3) is 2.91. The average Bonchev–Trinajstić information content (AvgIpc) is 3.23. The fraction of sp³-hybridized carbons (Fsp3) is 0.500. The summed E-state index contributed by atoms with van der Waals surface area (Å²) in [6, 6.07) is 5.74. The highest BCUT2D eigenvalue weighted by Crippen LogP contribution is 2.39. The van der Waals surface area contributed by atoms with E-state index in [-0.39, 0.29) is 11.8 Å². The lowest BCUT2D eigenvalue weighted by Gasteiger charge is -2.44. The SMILES string of the molecule is Cc1n[nH]c(C)c1C(=O)N1CCCC12CCCN(Cc1ccccn1)C2=O. The molecule has 1 unspecified atom stereocenters. The molecule has 2 aliphatic heterocycles. The predicted octanol–water partition coefficient (Wildman–Crippen LogP) is 2.22. The Labute approximate surface area is 158 Å². The zero-order chi connectivity index (χ0) is 19.0. The molecule has 1 N–H and O–H groups in total. The van der Waals surface area contributed by atoms with Gasteiger partial charge in [0, 0.05) is 25.0 Å². The van der Waals surface area contributed by atoms with Gasteiger partial charge in [-0.15, -0.1) is 0 Å². The van der Waals surface area contributed by atoms with Crippen LogP contribution in [-0.4, -0.2) is 55.4 Å². The number of hydrogen-bond donors (Lipinski definition) is 1. The second kappa shape index (κ2) is 6.79. The van der Waals surface area contributed by atoms with Gasteiger partial charge in [0.2, 0.25) is 5.91 Å². The van der Waals surface area contributed by atoms with Gasteiger partial charge in [-0.2, -0.15) is 5.10 Å². The standard InChI is InChI=1S/C20H25N5O2/c1-14-17(15(2)23-22-14)18(26)25-12-6-9-20(25)8-5-11-24(19(20)27)13-16-7-3-4-10-21-16/h3-4,7,10H,5-6,8-9,11-13H2,1-2H3,(H,22,23). The lowest BCUT2D eigenvalue weighted by atomic mass is 9.84. The molecule has 2 saturated heterocycles. The molecule has 142 valence electrons. The molecule has 2 aliphatic rings. The summed E-state index contributed by atoms with van der Waals surface area (Å²) in [7, 11) is 0. The van der Waals surface area contributed by atoms with E-state index in [1.807, 2.05) is 41.8 Å². The smallest absolute Gasteiger partial charge is 0.258 e. The predicted molar refractivity (Wildman–Crippen MR) is 100.0 cm³/mol. The van der Waals surface area contributed by atoms with Gasteiger partial charge < -0.3 is 9.80 Å². The highest BCUT2D eigenvalue weighted by atomic mass is 16.2. The van der Waals surface area contributed by atoms with Gasteiger partial charge in [0.15, 0.2) is 0 Å². The van der Waals surface area contributed by atoms with Crippen LogP contribution in [0.3, 0.4) is 0 Å². The molecule has 0 aromatic carbocycles. The van der Waals surface area contributed by atoms with E-state index in [0.717, 1.165) is 37.1 Å². The quantitative estimate of drug-likeness (QED) is 0.902. The maximum absolute atomic E-state index is 13.5. The second-order valence-corrected chi connectivity index (χ2v) is 7.55. The van der Waals surface area contributed by atoms with Crippen molar-refractivity contribution in [3.8, 4) is 0 Å². The van der Waals surface area contributed by atoms with Gasteiger partial charge in [-0.1, -0.05) is 6.07 Å². The van der Waals surface area contributed by atoms with Crippen LogP contribution in [0.1, 0.15) is 53.1 Å². The van der Waals surface area contributed by atoms with Crippen LogP contribution in [0.15, 0.2) is 24.4 Å². The number of H-pyrrole nitrogens is 1. The van der Waals surface area contributed by atoms with E-state index in [0.29, 0.717) is 30.9 Å². The van der Waals surface area contributed by atoms with Crippen LogP contribution in [0.25, 0.3) is 0 Å². The zero-order valence-corrected chi connectivity index (χ0v) is 15.9. The molecule has 4 heterocycles. The summed E-state index contributed by atoms with van der Waals surface area (Å²) in [5.74, 6) is -0.0201. The molecule has 7 nitrogen and oxygen atoms in total. The molecule has 2 amide bonds. The number of carbonyl (C=O) groups is 2. The molecule has 0 bridgehead atoms. The number of aromatic amines is 1. The van der Waals surface area contributed by atoms with Crippen LogP contribution in [-0.2, 0) is 11.3 Å². The Kier molecular flexibility index (Phi) is 4.45. The molecule has 2 fully saturated rings. The maximum atomic E-state index is 13.5. The highest BCUT2D eigenvalue weighted by molar-refractivity contribution is 6.01. The van der Waals surface area contributed by atoms with Crippen molar-refractivity contribution in [2.75, 3.05) is 13.1 Å². The summed E-state index contributed by atoms with van der Waals surface area (Å²) in [4.78, 5) is 34.8. The molecule has 4 rings (SSSR count).